The van der Waals surface area contributed by atoms with Crippen LogP contribution in [0.5, 0.6) is 0 Å². The molecule has 15 heavy (non-hydrogen) atoms. The molecule has 1 aromatic carbocycles. The predicted octanol–water partition coefficient (Wildman–Crippen LogP) is 0.389. The van der Waals surface area contributed by atoms with Crippen molar-refractivity contribution in [3.63, 3.8) is 0 Å². The zero-order valence-electron chi connectivity index (χ0n) is 7.22. The van der Waals surface area contributed by atoms with E-state index in [0.717, 1.165) is 12.1 Å². The summed E-state index contributed by atoms with van der Waals surface area (Å²) in [4.78, 5) is 33.7. The van der Waals surface area contributed by atoms with Gasteiger partial charge in [-0.2, -0.15) is 0 Å². The molecule has 76 valence electrons. The van der Waals surface area contributed by atoms with Gasteiger partial charge in [0.05, 0.1) is 10.3 Å². The molecule has 2 aromatic rings. The third-order valence-electron chi connectivity index (χ3n) is 1.84. The minimum Gasteiger partial charge on any atom is -0.409 e. The maximum Gasteiger partial charge on any atom is 0.419 e. The summed E-state index contributed by atoms with van der Waals surface area (Å²) in [6.07, 6.45) is 0. The molecule has 1 aromatic heterocycles. The molecule has 0 aliphatic rings. The number of nitro groups is 1. The third-order valence-corrected chi connectivity index (χ3v) is 1.84. The molecule has 0 atom stereocenters. The van der Waals surface area contributed by atoms with E-state index in [0.29, 0.717) is 0 Å². The minimum atomic E-state index is -0.888. The first-order valence-corrected chi connectivity index (χ1v) is 3.89. The number of non-ortho nitro benzene ring substituents is 1. The lowest BCUT2D eigenvalue weighted by molar-refractivity contribution is -0.384. The standard InChI is InChI=1S/C8H4N2O5/c11-7-5-3-4(10(13)14)1-2-6(5)15-8(12)9-7/h1-3H,(H,9,11,12). The van der Waals surface area contributed by atoms with Crippen molar-refractivity contribution >= 4 is 16.7 Å². The highest BCUT2D eigenvalue weighted by Crippen LogP contribution is 2.16. The van der Waals surface area contributed by atoms with Crippen molar-refractivity contribution in [1.82, 2.24) is 4.98 Å². The number of hydrogen-bond donors (Lipinski definition) is 1. The fourth-order valence-corrected chi connectivity index (χ4v) is 1.18. The van der Waals surface area contributed by atoms with Crippen molar-refractivity contribution in [3.05, 3.63) is 49.2 Å². The van der Waals surface area contributed by atoms with Gasteiger partial charge in [0.15, 0.2) is 0 Å². The highest BCUT2D eigenvalue weighted by atomic mass is 16.6. The van der Waals surface area contributed by atoms with Crippen LogP contribution in [-0.4, -0.2) is 9.91 Å². The number of rotatable bonds is 1. The number of hydrogen-bond acceptors (Lipinski definition) is 5. The average molecular weight is 208 g/mol. The average Bonchev–Trinajstić information content (AvgIpc) is 2.16. The van der Waals surface area contributed by atoms with Crippen LogP contribution in [0, 0.1) is 10.1 Å². The lowest BCUT2D eigenvalue weighted by atomic mass is 10.2. The molecular weight excluding hydrogens is 204 g/mol. The summed E-state index contributed by atoms with van der Waals surface area (Å²) in [5.41, 5.74) is -0.916. The molecule has 7 heteroatoms. The molecule has 7 nitrogen and oxygen atoms in total. The summed E-state index contributed by atoms with van der Waals surface area (Å²) in [7, 11) is 0. The maximum absolute atomic E-state index is 11.2. The zero-order valence-corrected chi connectivity index (χ0v) is 7.22. The first-order chi connectivity index (χ1) is 7.08. The smallest absolute Gasteiger partial charge is 0.409 e. The van der Waals surface area contributed by atoms with E-state index in [4.69, 9.17) is 0 Å². The number of H-pyrrole nitrogens is 1. The van der Waals surface area contributed by atoms with E-state index in [1.807, 2.05) is 4.98 Å². The largest absolute Gasteiger partial charge is 0.419 e. The van der Waals surface area contributed by atoms with E-state index < -0.39 is 16.2 Å². The Morgan fingerprint density at radius 3 is 2.73 bits per heavy atom. The molecule has 2 rings (SSSR count). The first kappa shape index (κ1) is 9.13. The molecule has 0 fully saturated rings. The van der Waals surface area contributed by atoms with Crippen molar-refractivity contribution in [2.24, 2.45) is 0 Å². The van der Waals surface area contributed by atoms with Crippen LogP contribution < -0.4 is 11.3 Å². The Morgan fingerprint density at radius 2 is 2.07 bits per heavy atom. The quantitative estimate of drug-likeness (QED) is 0.538. The van der Waals surface area contributed by atoms with E-state index in [1.54, 1.807) is 0 Å². The molecule has 0 unspecified atom stereocenters. The Morgan fingerprint density at radius 1 is 1.33 bits per heavy atom. The van der Waals surface area contributed by atoms with Gasteiger partial charge in [-0.3, -0.25) is 19.9 Å². The van der Waals surface area contributed by atoms with Crippen molar-refractivity contribution in [1.29, 1.82) is 0 Å². The molecule has 0 radical (unpaired) electrons. The highest BCUT2D eigenvalue weighted by molar-refractivity contribution is 5.77. The Balaban J connectivity index is 2.89. The van der Waals surface area contributed by atoms with Gasteiger partial charge in [-0.1, -0.05) is 0 Å². The molecule has 0 saturated carbocycles. The van der Waals surface area contributed by atoms with Crippen LogP contribution in [0.2, 0.25) is 0 Å². The Hall–Kier alpha value is -2.44. The summed E-state index contributed by atoms with van der Waals surface area (Å²) >= 11 is 0. The van der Waals surface area contributed by atoms with Crippen LogP contribution in [0.25, 0.3) is 11.0 Å². The van der Waals surface area contributed by atoms with Gasteiger partial charge in [0.1, 0.15) is 5.58 Å². The monoisotopic (exact) mass is 208 g/mol. The second-order valence-electron chi connectivity index (χ2n) is 2.78. The van der Waals surface area contributed by atoms with Gasteiger partial charge in [-0.05, 0) is 6.07 Å². The number of aromatic amines is 1. The Kier molecular flexibility index (Phi) is 1.86. The lowest BCUT2D eigenvalue weighted by Gasteiger charge is -1.94. The van der Waals surface area contributed by atoms with Crippen molar-refractivity contribution < 1.29 is 9.34 Å². The summed E-state index contributed by atoms with van der Waals surface area (Å²) < 4.78 is 4.64. The minimum absolute atomic E-state index is 0.0225. The third kappa shape index (κ3) is 1.50. The second kappa shape index (κ2) is 3.05. The Bertz CT molecular complexity index is 654. The van der Waals surface area contributed by atoms with Crippen molar-refractivity contribution in [2.75, 3.05) is 0 Å². The number of fused-ring (bicyclic) bond motifs is 1. The van der Waals surface area contributed by atoms with Crippen molar-refractivity contribution in [2.45, 2.75) is 0 Å². The lowest BCUT2D eigenvalue weighted by Crippen LogP contribution is -2.17. The highest BCUT2D eigenvalue weighted by Gasteiger charge is 2.09. The zero-order chi connectivity index (χ0) is 11.0. The van der Waals surface area contributed by atoms with E-state index in [9.17, 15) is 19.7 Å². The van der Waals surface area contributed by atoms with E-state index >= 15 is 0 Å². The van der Waals surface area contributed by atoms with Crippen LogP contribution in [0.1, 0.15) is 0 Å². The normalized spacial score (nSPS) is 10.4. The fraction of sp³-hybridized carbons (Fsp3) is 0. The Labute approximate surface area is 81.1 Å². The van der Waals surface area contributed by atoms with Gasteiger partial charge in [0, 0.05) is 12.1 Å². The molecule has 0 aliphatic carbocycles. The molecule has 0 aliphatic heterocycles. The van der Waals surface area contributed by atoms with Crippen LogP contribution in [0.3, 0.4) is 0 Å². The number of benzene rings is 1. The summed E-state index contributed by atoms with van der Waals surface area (Å²) in [6.45, 7) is 0. The molecule has 0 amide bonds. The van der Waals surface area contributed by atoms with Crippen molar-refractivity contribution in [3.8, 4) is 0 Å². The van der Waals surface area contributed by atoms with E-state index in [1.165, 1.54) is 6.07 Å². The molecule has 0 saturated heterocycles. The number of nitrogens with zero attached hydrogens (tertiary/aromatic N) is 1. The molecule has 1 N–H and O–H groups in total. The number of nitrogens with one attached hydrogen (secondary N) is 1. The summed E-state index contributed by atoms with van der Waals surface area (Å²) in [6, 6.07) is 3.42. The molecular formula is C8H4N2O5. The van der Waals surface area contributed by atoms with Crippen LogP contribution in [0.15, 0.2) is 32.2 Å². The molecule has 0 spiro atoms. The van der Waals surface area contributed by atoms with E-state index in [-0.39, 0.29) is 16.7 Å². The predicted molar refractivity (Wildman–Crippen MR) is 49.8 cm³/mol. The van der Waals surface area contributed by atoms with Gasteiger partial charge >= 0.3 is 5.76 Å². The first-order valence-electron chi connectivity index (χ1n) is 3.89. The number of nitro benzene ring substituents is 1. The van der Waals surface area contributed by atoms with Crippen LogP contribution >= 0.6 is 0 Å². The van der Waals surface area contributed by atoms with Gasteiger partial charge in [0.25, 0.3) is 11.2 Å². The number of aromatic nitrogens is 1. The summed E-state index contributed by atoms with van der Waals surface area (Å²) in [5, 5.41) is 10.4. The molecule has 1 heterocycles. The second-order valence-corrected chi connectivity index (χ2v) is 2.78. The maximum atomic E-state index is 11.2. The van der Waals surface area contributed by atoms with Gasteiger partial charge in [-0.15, -0.1) is 0 Å². The van der Waals surface area contributed by atoms with Gasteiger partial charge in [0.2, 0.25) is 0 Å². The SMILES string of the molecule is O=c1[nH]c(=O)c2cc([N+](=O)[O-])ccc2o1. The van der Waals surface area contributed by atoms with E-state index in [2.05, 4.69) is 4.42 Å². The fourth-order valence-electron chi connectivity index (χ4n) is 1.18. The summed E-state index contributed by atoms with van der Waals surface area (Å²) in [5.74, 6) is -0.888. The van der Waals surface area contributed by atoms with Crippen LogP contribution in [-0.2, 0) is 0 Å². The molecule has 0 bridgehead atoms. The van der Waals surface area contributed by atoms with Crippen LogP contribution in [0.4, 0.5) is 5.69 Å². The topological polar surface area (TPSA) is 106 Å². The van der Waals surface area contributed by atoms with Gasteiger partial charge in [-0.25, -0.2) is 4.79 Å². The van der Waals surface area contributed by atoms with Gasteiger partial charge < -0.3 is 4.42 Å².